The number of carbonyl (C=O) groups is 2. The van der Waals surface area contributed by atoms with Crippen LogP contribution in [0.15, 0.2) is 35.5 Å². The highest BCUT2D eigenvalue weighted by Gasteiger charge is 2.33. The first-order valence-electron chi connectivity index (χ1n) is 8.75. The smallest absolute Gasteiger partial charge is 0.338 e. The van der Waals surface area contributed by atoms with Crippen LogP contribution in [-0.2, 0) is 14.3 Å². The molecule has 28 heavy (non-hydrogen) atoms. The van der Waals surface area contributed by atoms with Crippen molar-refractivity contribution in [2.45, 2.75) is 13.0 Å². The van der Waals surface area contributed by atoms with E-state index in [0.29, 0.717) is 28.7 Å². The van der Waals surface area contributed by atoms with Gasteiger partial charge in [-0.25, -0.2) is 9.59 Å². The predicted molar refractivity (Wildman–Crippen MR) is 111 cm³/mol. The fourth-order valence-electron chi connectivity index (χ4n) is 2.68. The molecule has 1 aliphatic heterocycles. The number of thiocarbonyl (C=S) groups is 1. The predicted octanol–water partition coefficient (Wildman–Crippen LogP) is 2.10. The lowest BCUT2D eigenvalue weighted by Crippen LogP contribution is -2.46. The minimum Gasteiger partial charge on any atom is -0.460 e. The van der Waals surface area contributed by atoms with Gasteiger partial charge in [0.05, 0.1) is 18.2 Å². The monoisotopic (exact) mass is 406 g/mol. The topological polar surface area (TPSA) is 83.1 Å². The normalized spacial score (nSPS) is 16.5. The average Bonchev–Trinajstić information content (AvgIpc) is 2.66. The number of nitrogens with one attached hydrogen (secondary N) is 2. The second kappa shape index (κ2) is 9.52. The van der Waals surface area contributed by atoms with Gasteiger partial charge in [-0.15, -0.1) is 0 Å². The van der Waals surface area contributed by atoms with E-state index in [1.54, 1.807) is 39.2 Å². The molecule has 152 valence electrons. The van der Waals surface area contributed by atoms with Crippen molar-refractivity contribution < 1.29 is 19.1 Å². The Labute approximate surface area is 170 Å². The molecule has 0 unspecified atom stereocenters. The molecule has 9 heteroatoms. The summed E-state index contributed by atoms with van der Waals surface area (Å²) in [6, 6.07) is 6.54. The molecule has 0 spiro atoms. The van der Waals surface area contributed by atoms with Crippen LogP contribution in [0.25, 0.3) is 0 Å². The number of nitrogens with zero attached hydrogens (tertiary/aromatic N) is 2. The molecule has 1 heterocycles. The zero-order valence-corrected chi connectivity index (χ0v) is 17.6. The van der Waals surface area contributed by atoms with E-state index in [1.165, 1.54) is 4.90 Å². The molecular formula is C19H26N4O4S. The Balaban J connectivity index is 2.36. The van der Waals surface area contributed by atoms with Crippen molar-refractivity contribution in [1.29, 1.82) is 0 Å². The van der Waals surface area contributed by atoms with Gasteiger partial charge in [-0.05, 0) is 36.8 Å². The molecule has 2 rings (SSSR count). The number of anilines is 1. The van der Waals surface area contributed by atoms with Crippen LogP contribution in [-0.4, -0.2) is 68.4 Å². The summed E-state index contributed by atoms with van der Waals surface area (Å²) < 4.78 is 10.3. The van der Waals surface area contributed by atoms with Crippen molar-refractivity contribution in [2.24, 2.45) is 0 Å². The van der Waals surface area contributed by atoms with Gasteiger partial charge in [0.1, 0.15) is 6.61 Å². The maximum atomic E-state index is 12.7. The van der Waals surface area contributed by atoms with Crippen molar-refractivity contribution in [3.8, 4) is 0 Å². The SMILES string of the molecule is COCCOC(=O)C1=C(C)N(C)C(=S)N[C@@H]1c1cccc(NC(=O)N(C)C)c1. The minimum absolute atomic E-state index is 0.159. The summed E-state index contributed by atoms with van der Waals surface area (Å²) in [7, 11) is 6.66. The third-order valence-corrected chi connectivity index (χ3v) is 4.76. The van der Waals surface area contributed by atoms with Gasteiger partial charge in [-0.3, -0.25) is 0 Å². The molecule has 0 fully saturated rings. The van der Waals surface area contributed by atoms with E-state index in [4.69, 9.17) is 21.7 Å². The fourth-order valence-corrected chi connectivity index (χ4v) is 2.93. The van der Waals surface area contributed by atoms with Crippen molar-refractivity contribution in [2.75, 3.05) is 46.8 Å². The third kappa shape index (κ3) is 4.99. The van der Waals surface area contributed by atoms with Crippen molar-refractivity contribution in [1.82, 2.24) is 15.1 Å². The molecule has 8 nitrogen and oxygen atoms in total. The fraction of sp³-hybridized carbons (Fsp3) is 0.421. The van der Waals surface area contributed by atoms with E-state index in [-0.39, 0.29) is 12.6 Å². The van der Waals surface area contributed by atoms with Gasteiger partial charge in [0.2, 0.25) is 0 Å². The lowest BCUT2D eigenvalue weighted by atomic mass is 9.95. The van der Waals surface area contributed by atoms with Gasteiger partial charge in [-0.1, -0.05) is 12.1 Å². The number of ether oxygens (including phenoxy) is 2. The highest BCUT2D eigenvalue weighted by molar-refractivity contribution is 7.80. The Bertz CT molecular complexity index is 794. The third-order valence-electron chi connectivity index (χ3n) is 4.37. The minimum atomic E-state index is -0.491. The van der Waals surface area contributed by atoms with Crippen LogP contribution < -0.4 is 10.6 Å². The van der Waals surface area contributed by atoms with Gasteiger partial charge in [0, 0.05) is 39.6 Å². The Morgan fingerprint density at radius 1 is 1.32 bits per heavy atom. The zero-order chi connectivity index (χ0) is 20.8. The molecule has 1 aromatic rings. The average molecular weight is 407 g/mol. The summed E-state index contributed by atoms with van der Waals surface area (Å²) in [6.07, 6.45) is 0. The first-order valence-corrected chi connectivity index (χ1v) is 9.16. The van der Waals surface area contributed by atoms with Gasteiger partial charge in [0.25, 0.3) is 0 Å². The number of benzene rings is 1. The molecule has 0 bridgehead atoms. The van der Waals surface area contributed by atoms with E-state index in [2.05, 4.69) is 10.6 Å². The number of carbonyl (C=O) groups excluding carboxylic acids is 2. The van der Waals surface area contributed by atoms with E-state index in [1.807, 2.05) is 25.1 Å². The summed E-state index contributed by atoms with van der Waals surface area (Å²) in [5.74, 6) is -0.441. The highest BCUT2D eigenvalue weighted by Crippen LogP contribution is 2.31. The van der Waals surface area contributed by atoms with Crippen LogP contribution in [0.5, 0.6) is 0 Å². The van der Waals surface area contributed by atoms with E-state index in [0.717, 1.165) is 5.56 Å². The van der Waals surface area contributed by atoms with Gasteiger partial charge in [-0.2, -0.15) is 0 Å². The number of amides is 2. The van der Waals surface area contributed by atoms with Gasteiger partial charge >= 0.3 is 12.0 Å². The molecule has 0 aliphatic carbocycles. The number of rotatable bonds is 6. The lowest BCUT2D eigenvalue weighted by Gasteiger charge is -2.35. The van der Waals surface area contributed by atoms with Crippen molar-refractivity contribution in [3.63, 3.8) is 0 Å². The number of allylic oxidation sites excluding steroid dienone is 1. The van der Waals surface area contributed by atoms with Gasteiger partial charge in [0.15, 0.2) is 5.11 Å². The van der Waals surface area contributed by atoms with Crippen LogP contribution in [0.1, 0.15) is 18.5 Å². The maximum absolute atomic E-state index is 12.7. The highest BCUT2D eigenvalue weighted by atomic mass is 32.1. The summed E-state index contributed by atoms with van der Waals surface area (Å²) in [4.78, 5) is 27.9. The molecule has 1 aliphatic rings. The Hall–Kier alpha value is -2.65. The molecule has 2 amide bonds. The Kier molecular flexibility index (Phi) is 7.36. The van der Waals surface area contributed by atoms with E-state index >= 15 is 0 Å². The van der Waals surface area contributed by atoms with Crippen molar-refractivity contribution in [3.05, 3.63) is 41.1 Å². The maximum Gasteiger partial charge on any atom is 0.338 e. The first kappa shape index (κ1) is 21.6. The van der Waals surface area contributed by atoms with E-state index in [9.17, 15) is 9.59 Å². The standard InChI is InChI=1S/C19H26N4O4S/c1-12-15(17(24)27-10-9-26-5)16(21-19(28)23(12)4)13-7-6-8-14(11-13)20-18(25)22(2)3/h6-8,11,16H,9-10H2,1-5H3,(H,20,25)(H,21,28)/t16-/m1/s1. The molecule has 2 N–H and O–H groups in total. The lowest BCUT2D eigenvalue weighted by molar-refractivity contribution is -0.140. The van der Waals surface area contributed by atoms with Crippen LogP contribution in [0, 0.1) is 0 Å². The van der Waals surface area contributed by atoms with Crippen LogP contribution in [0.3, 0.4) is 0 Å². The van der Waals surface area contributed by atoms with Gasteiger partial charge < -0.3 is 29.9 Å². The molecule has 0 radical (unpaired) electrons. The molecule has 0 saturated carbocycles. The molecule has 1 atom stereocenters. The second-order valence-corrected chi connectivity index (χ2v) is 6.91. The van der Waals surface area contributed by atoms with E-state index < -0.39 is 12.0 Å². The summed E-state index contributed by atoms with van der Waals surface area (Å²) in [5, 5.41) is 6.49. The molecule has 0 aromatic heterocycles. The Morgan fingerprint density at radius 3 is 2.68 bits per heavy atom. The quantitative estimate of drug-likeness (QED) is 0.425. The molecule has 1 aromatic carbocycles. The van der Waals surface area contributed by atoms with Crippen LogP contribution >= 0.6 is 12.2 Å². The van der Waals surface area contributed by atoms with Crippen LogP contribution in [0.2, 0.25) is 0 Å². The number of methoxy groups -OCH3 is 1. The Morgan fingerprint density at radius 2 is 2.04 bits per heavy atom. The number of hydrogen-bond donors (Lipinski definition) is 2. The zero-order valence-electron chi connectivity index (χ0n) is 16.7. The second-order valence-electron chi connectivity index (χ2n) is 6.52. The largest absolute Gasteiger partial charge is 0.460 e. The first-order chi connectivity index (χ1) is 13.3. The summed E-state index contributed by atoms with van der Waals surface area (Å²) >= 11 is 5.40. The number of esters is 1. The summed E-state index contributed by atoms with van der Waals surface area (Å²) in [5.41, 5.74) is 2.57. The van der Waals surface area contributed by atoms with Crippen LogP contribution in [0.4, 0.5) is 10.5 Å². The summed E-state index contributed by atoms with van der Waals surface area (Å²) in [6.45, 7) is 2.30. The number of hydrogen-bond acceptors (Lipinski definition) is 5. The number of urea groups is 1. The molecular weight excluding hydrogens is 380 g/mol. The molecule has 0 saturated heterocycles. The van der Waals surface area contributed by atoms with Crippen molar-refractivity contribution >= 4 is 35.0 Å².